The first-order valence-electron chi connectivity index (χ1n) is 11.7. The third kappa shape index (κ3) is 4.49. The molecule has 0 aliphatic heterocycles. The molecule has 31 heavy (non-hydrogen) atoms. The van der Waals surface area contributed by atoms with E-state index in [1.807, 2.05) is 0 Å². The lowest BCUT2D eigenvalue weighted by atomic mass is 9.99. The number of benzene rings is 1. The largest absolute Gasteiger partial charge is 0.332 e. The van der Waals surface area contributed by atoms with E-state index in [4.69, 9.17) is 0 Å². The summed E-state index contributed by atoms with van der Waals surface area (Å²) in [5.74, 6) is -0.0477. The van der Waals surface area contributed by atoms with E-state index in [1.54, 1.807) is 0 Å². The first kappa shape index (κ1) is 22.6. The summed E-state index contributed by atoms with van der Waals surface area (Å²) in [6, 6.07) is 1.90. The lowest BCUT2D eigenvalue weighted by Crippen LogP contribution is -2.57. The highest BCUT2D eigenvalue weighted by Gasteiger charge is 2.55. The average Bonchev–Trinajstić information content (AvgIpc) is 3.04. The van der Waals surface area contributed by atoms with Gasteiger partial charge in [-0.2, -0.15) is 0 Å². The molecule has 0 spiro atoms. The molecule has 4 rings (SSSR count). The fourth-order valence-electron chi connectivity index (χ4n) is 6.27. The van der Waals surface area contributed by atoms with Crippen LogP contribution in [0.5, 0.6) is 0 Å². The maximum atomic E-state index is 13.0. The van der Waals surface area contributed by atoms with Crippen molar-refractivity contribution in [3.05, 3.63) is 28.3 Å². The Morgan fingerprint density at radius 1 is 1.06 bits per heavy atom. The minimum absolute atomic E-state index is 0.0477. The number of sulfonamides is 1. The number of anilines is 1. The number of hydrogen-bond donors (Lipinski definition) is 2. The SMILES string of the molecule is CC(C)N(C(C)(C)C)C1(CS(=O)(=O)NC(=O)Nc2c3c(cc4c2CCC4)CCC3)CC1. The molecular formula is C24H37N3O3S. The van der Waals surface area contributed by atoms with Gasteiger partial charge in [-0.25, -0.2) is 17.9 Å². The molecule has 0 heterocycles. The van der Waals surface area contributed by atoms with E-state index < -0.39 is 21.6 Å². The van der Waals surface area contributed by atoms with E-state index in [0.29, 0.717) is 0 Å². The highest BCUT2D eigenvalue weighted by molar-refractivity contribution is 7.90. The van der Waals surface area contributed by atoms with Gasteiger partial charge in [0.1, 0.15) is 0 Å². The zero-order chi connectivity index (χ0) is 22.6. The topological polar surface area (TPSA) is 78.5 Å². The fraction of sp³-hybridized carbons (Fsp3) is 0.708. The number of amides is 2. The lowest BCUT2D eigenvalue weighted by Gasteiger charge is -2.45. The van der Waals surface area contributed by atoms with E-state index >= 15 is 0 Å². The van der Waals surface area contributed by atoms with Crippen molar-refractivity contribution in [1.82, 2.24) is 9.62 Å². The van der Waals surface area contributed by atoms with Crippen LogP contribution < -0.4 is 10.0 Å². The number of fused-ring (bicyclic) bond motifs is 2. The minimum Gasteiger partial charge on any atom is -0.307 e. The number of carbonyl (C=O) groups is 1. The molecule has 1 aromatic rings. The second-order valence-corrected chi connectivity index (χ2v) is 12.6. The number of nitrogens with one attached hydrogen (secondary N) is 2. The molecule has 6 nitrogen and oxygen atoms in total. The van der Waals surface area contributed by atoms with Gasteiger partial charge >= 0.3 is 6.03 Å². The molecular weight excluding hydrogens is 410 g/mol. The van der Waals surface area contributed by atoms with Crippen molar-refractivity contribution in [3.63, 3.8) is 0 Å². The Hall–Kier alpha value is -1.60. The molecule has 0 bridgehead atoms. The Balaban J connectivity index is 1.50. The molecule has 2 amide bonds. The molecule has 3 aliphatic rings. The third-order valence-electron chi connectivity index (χ3n) is 7.00. The number of nitrogens with zero attached hydrogens (tertiary/aromatic N) is 1. The normalized spacial score (nSPS) is 19.5. The van der Waals surface area contributed by atoms with E-state index in [1.165, 1.54) is 22.3 Å². The molecule has 0 radical (unpaired) electrons. The van der Waals surface area contributed by atoms with Crippen LogP contribution in [0.25, 0.3) is 0 Å². The Kier molecular flexibility index (Phi) is 5.66. The van der Waals surface area contributed by atoms with Crippen LogP contribution in [0, 0.1) is 0 Å². The van der Waals surface area contributed by atoms with E-state index in [0.717, 1.165) is 57.1 Å². The van der Waals surface area contributed by atoms with Crippen molar-refractivity contribution in [2.45, 2.75) is 103 Å². The standard InChI is InChI=1S/C24H37N3O3S/c1-16(2)27(23(3,4)5)24(12-13-24)15-31(29,30)26-22(28)25-21-19-10-6-8-17(19)14-18-9-7-11-20(18)21/h14,16H,6-13,15H2,1-5H3,(H2,25,26,28). The summed E-state index contributed by atoms with van der Waals surface area (Å²) < 4.78 is 28.3. The van der Waals surface area contributed by atoms with Gasteiger partial charge in [-0.1, -0.05) is 6.07 Å². The maximum Gasteiger partial charge on any atom is 0.332 e. The van der Waals surface area contributed by atoms with Crippen LogP contribution in [-0.4, -0.2) is 42.2 Å². The van der Waals surface area contributed by atoms with E-state index in [9.17, 15) is 13.2 Å². The molecule has 1 aromatic carbocycles. The Bertz CT molecular complexity index is 956. The van der Waals surface area contributed by atoms with Gasteiger partial charge in [0.2, 0.25) is 10.0 Å². The molecule has 0 atom stereocenters. The lowest BCUT2D eigenvalue weighted by molar-refractivity contribution is 0.0441. The zero-order valence-corrected chi connectivity index (χ0v) is 20.4. The number of urea groups is 1. The number of rotatable bonds is 6. The summed E-state index contributed by atoms with van der Waals surface area (Å²) >= 11 is 0. The summed E-state index contributed by atoms with van der Waals surface area (Å²) in [6.45, 7) is 10.6. The second-order valence-electron chi connectivity index (χ2n) is 10.9. The molecule has 0 aromatic heterocycles. The predicted molar refractivity (Wildman–Crippen MR) is 125 cm³/mol. The highest BCUT2D eigenvalue weighted by Crippen LogP contribution is 2.47. The van der Waals surface area contributed by atoms with Crippen molar-refractivity contribution in [1.29, 1.82) is 0 Å². The Labute approximate surface area is 187 Å². The second kappa shape index (κ2) is 7.77. The first-order valence-corrected chi connectivity index (χ1v) is 13.3. The maximum absolute atomic E-state index is 13.0. The van der Waals surface area contributed by atoms with E-state index in [2.05, 4.69) is 55.6 Å². The molecule has 7 heteroatoms. The van der Waals surface area contributed by atoms with Gasteiger partial charge in [-0.05, 0) is 108 Å². The Morgan fingerprint density at radius 2 is 1.61 bits per heavy atom. The molecule has 172 valence electrons. The van der Waals surface area contributed by atoms with Gasteiger partial charge in [0, 0.05) is 22.8 Å². The molecule has 3 aliphatic carbocycles. The van der Waals surface area contributed by atoms with Gasteiger partial charge in [-0.15, -0.1) is 0 Å². The fourth-order valence-corrected chi connectivity index (χ4v) is 7.81. The van der Waals surface area contributed by atoms with Gasteiger partial charge < -0.3 is 5.32 Å². The minimum atomic E-state index is -3.77. The van der Waals surface area contributed by atoms with Gasteiger partial charge in [0.15, 0.2) is 0 Å². The molecule has 0 saturated heterocycles. The summed E-state index contributed by atoms with van der Waals surface area (Å²) in [6.07, 6.45) is 7.83. The van der Waals surface area contributed by atoms with Crippen molar-refractivity contribution in [3.8, 4) is 0 Å². The predicted octanol–water partition coefficient (Wildman–Crippen LogP) is 4.16. The van der Waals surface area contributed by atoms with Gasteiger partial charge in [0.25, 0.3) is 0 Å². The average molecular weight is 448 g/mol. The molecule has 2 N–H and O–H groups in total. The number of carbonyl (C=O) groups excluding carboxylic acids is 1. The Morgan fingerprint density at radius 3 is 2.06 bits per heavy atom. The van der Waals surface area contributed by atoms with Crippen LogP contribution in [0.1, 0.15) is 82.6 Å². The van der Waals surface area contributed by atoms with Gasteiger partial charge in [-0.3, -0.25) is 4.90 Å². The smallest absolute Gasteiger partial charge is 0.307 e. The van der Waals surface area contributed by atoms with E-state index in [-0.39, 0.29) is 17.3 Å². The summed E-state index contributed by atoms with van der Waals surface area (Å²) in [4.78, 5) is 15.1. The van der Waals surface area contributed by atoms with Crippen molar-refractivity contribution in [2.75, 3.05) is 11.1 Å². The van der Waals surface area contributed by atoms with Crippen LogP contribution in [-0.2, 0) is 35.7 Å². The van der Waals surface area contributed by atoms with Crippen LogP contribution in [0.2, 0.25) is 0 Å². The van der Waals surface area contributed by atoms with Crippen LogP contribution >= 0.6 is 0 Å². The van der Waals surface area contributed by atoms with Crippen LogP contribution in [0.4, 0.5) is 10.5 Å². The number of hydrogen-bond acceptors (Lipinski definition) is 4. The van der Waals surface area contributed by atoms with Crippen LogP contribution in [0.3, 0.4) is 0 Å². The number of aryl methyl sites for hydroxylation is 2. The zero-order valence-electron chi connectivity index (χ0n) is 19.6. The summed E-state index contributed by atoms with van der Waals surface area (Å²) in [5.41, 5.74) is 5.36. The molecule has 1 fully saturated rings. The summed E-state index contributed by atoms with van der Waals surface area (Å²) in [5, 5.41) is 2.94. The first-order chi connectivity index (χ1) is 14.4. The molecule has 1 saturated carbocycles. The molecule has 0 unspecified atom stereocenters. The van der Waals surface area contributed by atoms with Crippen molar-refractivity contribution >= 4 is 21.7 Å². The van der Waals surface area contributed by atoms with Gasteiger partial charge in [0.05, 0.1) is 5.75 Å². The van der Waals surface area contributed by atoms with Crippen molar-refractivity contribution < 1.29 is 13.2 Å². The monoisotopic (exact) mass is 447 g/mol. The quantitative estimate of drug-likeness (QED) is 0.686. The van der Waals surface area contributed by atoms with Crippen molar-refractivity contribution in [2.24, 2.45) is 0 Å². The highest BCUT2D eigenvalue weighted by atomic mass is 32.2. The van der Waals surface area contributed by atoms with Crippen LogP contribution in [0.15, 0.2) is 6.07 Å². The third-order valence-corrected chi connectivity index (χ3v) is 8.41. The summed E-state index contributed by atoms with van der Waals surface area (Å²) in [7, 11) is -3.77.